The highest BCUT2D eigenvalue weighted by atomic mass is 19.1. The van der Waals surface area contributed by atoms with Crippen molar-refractivity contribution in [2.24, 2.45) is 5.92 Å². The second-order valence-electron chi connectivity index (χ2n) is 4.19. The summed E-state index contributed by atoms with van der Waals surface area (Å²) in [6.07, 6.45) is 2.04. The Morgan fingerprint density at radius 2 is 2.00 bits per heavy atom. The van der Waals surface area contributed by atoms with Crippen molar-refractivity contribution in [3.05, 3.63) is 29.6 Å². The van der Waals surface area contributed by atoms with Gasteiger partial charge in [-0.1, -0.05) is 26.7 Å². The fourth-order valence-electron chi connectivity index (χ4n) is 1.57. The lowest BCUT2D eigenvalue weighted by molar-refractivity contribution is 0.101. The molecule has 0 aliphatic heterocycles. The van der Waals surface area contributed by atoms with Crippen molar-refractivity contribution in [3.8, 4) is 5.75 Å². The quantitative estimate of drug-likeness (QED) is 0.704. The predicted molar refractivity (Wildman–Crippen MR) is 66.0 cm³/mol. The smallest absolute Gasteiger partial charge is 0.165 e. The zero-order valence-electron chi connectivity index (χ0n) is 10.6. The fourth-order valence-corrected chi connectivity index (χ4v) is 1.57. The van der Waals surface area contributed by atoms with E-state index in [4.69, 9.17) is 4.74 Å². The molecule has 1 aromatic carbocycles. The van der Waals surface area contributed by atoms with Crippen LogP contribution in [0.15, 0.2) is 18.2 Å². The molecule has 0 N–H and O–H groups in total. The second kappa shape index (κ2) is 6.38. The normalized spacial score (nSPS) is 10.6. The standard InChI is InChI=1S/C14H19FO2/c1-4-11(5-2)9-17-14-7-6-12(10(3)16)8-13(14)15/h6-8,11H,4-5,9H2,1-3H3. The van der Waals surface area contributed by atoms with E-state index in [2.05, 4.69) is 13.8 Å². The Morgan fingerprint density at radius 3 is 2.47 bits per heavy atom. The molecule has 0 saturated heterocycles. The maximum Gasteiger partial charge on any atom is 0.165 e. The summed E-state index contributed by atoms with van der Waals surface area (Å²) in [5, 5.41) is 0. The van der Waals surface area contributed by atoms with E-state index < -0.39 is 5.82 Å². The number of hydrogen-bond donors (Lipinski definition) is 0. The van der Waals surface area contributed by atoms with E-state index >= 15 is 0 Å². The van der Waals surface area contributed by atoms with E-state index in [1.807, 2.05) is 0 Å². The summed E-state index contributed by atoms with van der Waals surface area (Å²) in [6, 6.07) is 4.34. The highest BCUT2D eigenvalue weighted by Crippen LogP contribution is 2.20. The Bertz CT molecular complexity index is 384. The van der Waals surface area contributed by atoms with Gasteiger partial charge < -0.3 is 4.74 Å². The van der Waals surface area contributed by atoms with Gasteiger partial charge in [-0.15, -0.1) is 0 Å². The average Bonchev–Trinajstić information content (AvgIpc) is 2.31. The Hall–Kier alpha value is -1.38. The topological polar surface area (TPSA) is 26.3 Å². The lowest BCUT2D eigenvalue weighted by Crippen LogP contribution is -2.11. The van der Waals surface area contributed by atoms with Crippen molar-refractivity contribution in [2.75, 3.05) is 6.61 Å². The molecule has 0 unspecified atom stereocenters. The SMILES string of the molecule is CCC(CC)COc1ccc(C(C)=O)cc1F. The van der Waals surface area contributed by atoms with E-state index in [0.717, 1.165) is 12.8 Å². The molecule has 0 heterocycles. The van der Waals surface area contributed by atoms with Crippen LogP contribution in [0.25, 0.3) is 0 Å². The number of hydrogen-bond acceptors (Lipinski definition) is 2. The van der Waals surface area contributed by atoms with E-state index in [0.29, 0.717) is 18.1 Å². The van der Waals surface area contributed by atoms with Gasteiger partial charge in [0.15, 0.2) is 17.3 Å². The second-order valence-corrected chi connectivity index (χ2v) is 4.19. The maximum absolute atomic E-state index is 13.6. The Kier molecular flexibility index (Phi) is 5.13. The van der Waals surface area contributed by atoms with Crippen LogP contribution >= 0.6 is 0 Å². The molecule has 0 saturated carbocycles. The van der Waals surface area contributed by atoms with Crippen LogP contribution in [-0.4, -0.2) is 12.4 Å². The summed E-state index contributed by atoms with van der Waals surface area (Å²) in [4.78, 5) is 11.1. The van der Waals surface area contributed by atoms with Gasteiger partial charge in [0.2, 0.25) is 0 Å². The van der Waals surface area contributed by atoms with Crippen LogP contribution in [-0.2, 0) is 0 Å². The molecule has 0 bridgehead atoms. The minimum atomic E-state index is -0.469. The van der Waals surface area contributed by atoms with Crippen molar-refractivity contribution < 1.29 is 13.9 Å². The first-order valence-electron chi connectivity index (χ1n) is 6.01. The van der Waals surface area contributed by atoms with Gasteiger partial charge in [0, 0.05) is 5.56 Å². The Labute approximate surface area is 102 Å². The number of Topliss-reactive ketones (excluding diaryl/α,β-unsaturated/α-hetero) is 1. The zero-order chi connectivity index (χ0) is 12.8. The molecule has 3 heteroatoms. The molecule has 17 heavy (non-hydrogen) atoms. The van der Waals surface area contributed by atoms with Crippen LogP contribution in [0.4, 0.5) is 4.39 Å². The van der Waals surface area contributed by atoms with E-state index in [9.17, 15) is 9.18 Å². The summed E-state index contributed by atoms with van der Waals surface area (Å²) in [6.45, 7) is 6.11. The third kappa shape index (κ3) is 3.84. The molecular weight excluding hydrogens is 219 g/mol. The Balaban J connectivity index is 2.69. The lowest BCUT2D eigenvalue weighted by atomic mass is 10.1. The lowest BCUT2D eigenvalue weighted by Gasteiger charge is -2.14. The van der Waals surface area contributed by atoms with Crippen LogP contribution in [0.1, 0.15) is 44.0 Å². The highest BCUT2D eigenvalue weighted by molar-refractivity contribution is 5.94. The molecule has 0 amide bonds. The van der Waals surface area contributed by atoms with Crippen molar-refractivity contribution >= 4 is 5.78 Å². The number of rotatable bonds is 6. The van der Waals surface area contributed by atoms with Gasteiger partial charge in [-0.05, 0) is 31.0 Å². The number of ketones is 1. The molecule has 0 spiro atoms. The predicted octanol–water partition coefficient (Wildman–Crippen LogP) is 3.84. The van der Waals surface area contributed by atoms with Crippen LogP contribution in [0.3, 0.4) is 0 Å². The molecule has 1 rings (SSSR count). The summed E-state index contributed by atoms with van der Waals surface area (Å²) in [7, 11) is 0. The highest BCUT2D eigenvalue weighted by Gasteiger charge is 2.09. The first kappa shape index (κ1) is 13.7. The van der Waals surface area contributed by atoms with E-state index in [1.165, 1.54) is 19.1 Å². The van der Waals surface area contributed by atoms with Crippen LogP contribution in [0, 0.1) is 11.7 Å². The molecule has 1 aromatic rings. The number of carbonyl (C=O) groups excluding carboxylic acids is 1. The molecule has 0 fully saturated rings. The van der Waals surface area contributed by atoms with Gasteiger partial charge in [-0.3, -0.25) is 4.79 Å². The minimum absolute atomic E-state index is 0.143. The van der Waals surface area contributed by atoms with Gasteiger partial charge in [-0.2, -0.15) is 0 Å². The monoisotopic (exact) mass is 238 g/mol. The van der Waals surface area contributed by atoms with Crippen molar-refractivity contribution in [3.63, 3.8) is 0 Å². The molecule has 94 valence electrons. The van der Waals surface area contributed by atoms with Gasteiger partial charge in [-0.25, -0.2) is 4.39 Å². The van der Waals surface area contributed by atoms with Crippen molar-refractivity contribution in [1.29, 1.82) is 0 Å². The van der Waals surface area contributed by atoms with Crippen LogP contribution < -0.4 is 4.74 Å². The number of halogens is 1. The number of carbonyl (C=O) groups is 1. The first-order valence-corrected chi connectivity index (χ1v) is 6.01. The average molecular weight is 238 g/mol. The van der Waals surface area contributed by atoms with Gasteiger partial charge >= 0.3 is 0 Å². The van der Waals surface area contributed by atoms with E-state index in [-0.39, 0.29) is 11.5 Å². The molecular formula is C14H19FO2. The molecule has 0 aromatic heterocycles. The number of benzene rings is 1. The molecule has 0 aliphatic carbocycles. The van der Waals surface area contributed by atoms with Crippen molar-refractivity contribution in [2.45, 2.75) is 33.6 Å². The zero-order valence-corrected chi connectivity index (χ0v) is 10.6. The van der Waals surface area contributed by atoms with Crippen LogP contribution in [0.2, 0.25) is 0 Å². The Morgan fingerprint density at radius 1 is 1.35 bits per heavy atom. The van der Waals surface area contributed by atoms with Gasteiger partial charge in [0.1, 0.15) is 0 Å². The van der Waals surface area contributed by atoms with E-state index in [1.54, 1.807) is 6.07 Å². The summed E-state index contributed by atoms with van der Waals surface area (Å²) < 4.78 is 19.0. The maximum atomic E-state index is 13.6. The molecule has 2 nitrogen and oxygen atoms in total. The third-order valence-corrected chi connectivity index (χ3v) is 2.97. The van der Waals surface area contributed by atoms with Gasteiger partial charge in [0.05, 0.1) is 6.61 Å². The molecule has 0 atom stereocenters. The number of ether oxygens (including phenoxy) is 1. The van der Waals surface area contributed by atoms with Gasteiger partial charge in [0.25, 0.3) is 0 Å². The summed E-state index contributed by atoms with van der Waals surface area (Å²) >= 11 is 0. The summed E-state index contributed by atoms with van der Waals surface area (Å²) in [5.41, 5.74) is 0.373. The first-order chi connectivity index (χ1) is 8.08. The molecule has 0 radical (unpaired) electrons. The van der Waals surface area contributed by atoms with Crippen LogP contribution in [0.5, 0.6) is 5.75 Å². The largest absolute Gasteiger partial charge is 0.490 e. The molecule has 0 aliphatic rings. The van der Waals surface area contributed by atoms with Crippen molar-refractivity contribution in [1.82, 2.24) is 0 Å². The third-order valence-electron chi connectivity index (χ3n) is 2.97. The minimum Gasteiger partial charge on any atom is -0.490 e. The summed E-state index contributed by atoms with van der Waals surface area (Å²) in [5.74, 6) is 0.0582. The fraction of sp³-hybridized carbons (Fsp3) is 0.500.